The molecule has 1 atom stereocenters. The van der Waals surface area contributed by atoms with Crippen molar-refractivity contribution in [1.29, 1.82) is 0 Å². The fourth-order valence-electron chi connectivity index (χ4n) is 3.35. The lowest BCUT2D eigenvalue weighted by atomic mass is 9.88. The molecular formula is C16H22BrN3O2. The van der Waals surface area contributed by atoms with E-state index in [0.29, 0.717) is 18.5 Å². The molecule has 6 heteroatoms. The van der Waals surface area contributed by atoms with Crippen LogP contribution in [0.15, 0.2) is 16.9 Å². The Morgan fingerprint density at radius 3 is 2.59 bits per heavy atom. The fraction of sp³-hybridized carbons (Fsp3) is 0.688. The molecule has 2 aliphatic rings. The highest BCUT2D eigenvalue weighted by Crippen LogP contribution is 2.27. The maximum atomic E-state index is 12.6. The largest absolute Gasteiger partial charge is 0.458 e. The summed E-state index contributed by atoms with van der Waals surface area (Å²) >= 11 is 3.31. The second kappa shape index (κ2) is 7.40. The molecule has 2 fully saturated rings. The topological polar surface area (TPSA) is 55.3 Å². The molecule has 0 spiro atoms. The van der Waals surface area contributed by atoms with Crippen molar-refractivity contribution in [2.75, 3.05) is 13.1 Å². The molecule has 0 aromatic carbocycles. The van der Waals surface area contributed by atoms with Crippen LogP contribution in [0.2, 0.25) is 0 Å². The second-order valence-electron chi connectivity index (χ2n) is 6.19. The maximum Gasteiger partial charge on any atom is 0.316 e. The van der Waals surface area contributed by atoms with Crippen molar-refractivity contribution in [2.24, 2.45) is 5.92 Å². The Bertz CT molecular complexity index is 503. The molecule has 120 valence electrons. The normalized spacial score (nSPS) is 23.3. The molecule has 1 aliphatic carbocycles. The predicted molar refractivity (Wildman–Crippen MR) is 86.5 cm³/mol. The van der Waals surface area contributed by atoms with E-state index in [1.165, 1.54) is 19.3 Å². The van der Waals surface area contributed by atoms with Crippen molar-refractivity contribution in [1.82, 2.24) is 14.9 Å². The van der Waals surface area contributed by atoms with Gasteiger partial charge in [0.25, 0.3) is 0 Å². The Morgan fingerprint density at radius 1 is 1.14 bits per heavy atom. The summed E-state index contributed by atoms with van der Waals surface area (Å²) < 4.78 is 6.67. The van der Waals surface area contributed by atoms with Gasteiger partial charge in [0.2, 0.25) is 5.91 Å². The summed E-state index contributed by atoms with van der Waals surface area (Å²) in [6.07, 6.45) is 11.1. The number of hydrogen-bond acceptors (Lipinski definition) is 4. The molecule has 0 radical (unpaired) electrons. The first-order chi connectivity index (χ1) is 10.7. The van der Waals surface area contributed by atoms with Crippen LogP contribution in [0.5, 0.6) is 6.01 Å². The van der Waals surface area contributed by atoms with Crippen LogP contribution >= 0.6 is 15.9 Å². The lowest BCUT2D eigenvalue weighted by Gasteiger charge is -2.35. The summed E-state index contributed by atoms with van der Waals surface area (Å²) in [7, 11) is 0. The van der Waals surface area contributed by atoms with Gasteiger partial charge in [0.15, 0.2) is 0 Å². The van der Waals surface area contributed by atoms with Crippen LogP contribution in [0.3, 0.4) is 0 Å². The van der Waals surface area contributed by atoms with Gasteiger partial charge in [-0.15, -0.1) is 0 Å². The monoisotopic (exact) mass is 367 g/mol. The van der Waals surface area contributed by atoms with Gasteiger partial charge in [-0.05, 0) is 41.6 Å². The van der Waals surface area contributed by atoms with Gasteiger partial charge in [-0.3, -0.25) is 4.79 Å². The van der Waals surface area contributed by atoms with E-state index in [2.05, 4.69) is 25.9 Å². The van der Waals surface area contributed by atoms with Crippen LogP contribution in [0.25, 0.3) is 0 Å². The van der Waals surface area contributed by atoms with E-state index in [-0.39, 0.29) is 12.0 Å². The fourth-order valence-corrected chi connectivity index (χ4v) is 3.56. The zero-order valence-corrected chi connectivity index (χ0v) is 14.3. The molecule has 1 aromatic rings. The average molecular weight is 368 g/mol. The van der Waals surface area contributed by atoms with Crippen LogP contribution in [0.1, 0.15) is 44.9 Å². The van der Waals surface area contributed by atoms with Gasteiger partial charge in [-0.1, -0.05) is 19.3 Å². The molecule has 22 heavy (non-hydrogen) atoms. The van der Waals surface area contributed by atoms with Crippen LogP contribution in [-0.4, -0.2) is 40.0 Å². The van der Waals surface area contributed by atoms with E-state index >= 15 is 0 Å². The van der Waals surface area contributed by atoms with Gasteiger partial charge in [0.1, 0.15) is 6.10 Å². The third-order valence-electron chi connectivity index (χ3n) is 4.51. The predicted octanol–water partition coefficient (Wildman–Crippen LogP) is 3.19. The number of hydrogen-bond donors (Lipinski definition) is 0. The summed E-state index contributed by atoms with van der Waals surface area (Å²) in [5.74, 6) is 0.557. The quantitative estimate of drug-likeness (QED) is 0.822. The molecule has 1 aromatic heterocycles. The number of carbonyl (C=O) groups is 1. The maximum absolute atomic E-state index is 12.6. The smallest absolute Gasteiger partial charge is 0.316 e. The van der Waals surface area contributed by atoms with Gasteiger partial charge in [-0.2, -0.15) is 0 Å². The summed E-state index contributed by atoms with van der Waals surface area (Å²) in [5, 5.41) is 0. The number of nitrogens with zero attached hydrogens (tertiary/aromatic N) is 3. The van der Waals surface area contributed by atoms with Crippen molar-refractivity contribution in [3.8, 4) is 6.01 Å². The number of rotatable bonds is 3. The first kappa shape index (κ1) is 15.7. The molecular weight excluding hydrogens is 346 g/mol. The number of carbonyl (C=O) groups excluding carboxylic acids is 1. The summed E-state index contributed by atoms with van der Waals surface area (Å²) in [4.78, 5) is 22.9. The van der Waals surface area contributed by atoms with E-state index in [4.69, 9.17) is 4.74 Å². The Morgan fingerprint density at radius 2 is 1.86 bits per heavy atom. The minimum atomic E-state index is 0.00228. The summed E-state index contributed by atoms with van der Waals surface area (Å²) in [6.45, 7) is 1.52. The van der Waals surface area contributed by atoms with E-state index < -0.39 is 0 Å². The van der Waals surface area contributed by atoms with Gasteiger partial charge in [-0.25, -0.2) is 9.97 Å². The molecule has 3 rings (SSSR count). The first-order valence-electron chi connectivity index (χ1n) is 8.15. The van der Waals surface area contributed by atoms with E-state index in [1.54, 1.807) is 12.4 Å². The van der Waals surface area contributed by atoms with Crippen LogP contribution < -0.4 is 4.74 Å². The molecule has 1 saturated heterocycles. The number of halogens is 1. The zero-order valence-electron chi connectivity index (χ0n) is 12.7. The average Bonchev–Trinajstić information content (AvgIpc) is 2.57. The van der Waals surface area contributed by atoms with Crippen LogP contribution in [0.4, 0.5) is 0 Å². The number of ether oxygens (including phenoxy) is 1. The number of piperidine rings is 1. The molecule has 0 N–H and O–H groups in total. The molecule has 1 saturated carbocycles. The van der Waals surface area contributed by atoms with E-state index in [9.17, 15) is 4.79 Å². The van der Waals surface area contributed by atoms with Gasteiger partial charge in [0.05, 0.1) is 11.0 Å². The Balaban J connectivity index is 1.56. The van der Waals surface area contributed by atoms with Crippen molar-refractivity contribution >= 4 is 21.8 Å². The van der Waals surface area contributed by atoms with E-state index in [0.717, 1.165) is 36.7 Å². The lowest BCUT2D eigenvalue weighted by molar-refractivity contribution is -0.139. The minimum absolute atomic E-state index is 0.00228. The standard InChI is InChI=1S/C16H22BrN3O2/c17-13-9-18-16(19-10-13)22-14-7-4-8-20(11-14)15(21)12-5-2-1-3-6-12/h9-10,12,14H,1-8,11H2. The third kappa shape index (κ3) is 3.97. The van der Waals surface area contributed by atoms with Gasteiger partial charge in [0, 0.05) is 24.9 Å². The van der Waals surface area contributed by atoms with Crippen molar-refractivity contribution in [3.63, 3.8) is 0 Å². The number of aromatic nitrogens is 2. The highest BCUT2D eigenvalue weighted by atomic mass is 79.9. The van der Waals surface area contributed by atoms with Crippen LogP contribution in [-0.2, 0) is 4.79 Å². The van der Waals surface area contributed by atoms with Crippen molar-refractivity contribution in [2.45, 2.75) is 51.0 Å². The molecule has 2 heterocycles. The highest BCUT2D eigenvalue weighted by molar-refractivity contribution is 9.10. The van der Waals surface area contributed by atoms with Crippen molar-refractivity contribution in [3.05, 3.63) is 16.9 Å². The molecule has 1 aliphatic heterocycles. The third-order valence-corrected chi connectivity index (χ3v) is 4.92. The Hall–Kier alpha value is -1.17. The Kier molecular flexibility index (Phi) is 5.28. The number of likely N-dealkylation sites (tertiary alicyclic amines) is 1. The van der Waals surface area contributed by atoms with Crippen molar-refractivity contribution < 1.29 is 9.53 Å². The summed E-state index contributed by atoms with van der Waals surface area (Å²) in [6, 6.07) is 0.389. The lowest BCUT2D eigenvalue weighted by Crippen LogP contribution is -2.47. The first-order valence-corrected chi connectivity index (χ1v) is 8.94. The van der Waals surface area contributed by atoms with Gasteiger partial charge < -0.3 is 9.64 Å². The Labute approximate surface area is 139 Å². The van der Waals surface area contributed by atoms with E-state index in [1.807, 2.05) is 4.90 Å². The molecule has 5 nitrogen and oxygen atoms in total. The highest BCUT2D eigenvalue weighted by Gasteiger charge is 2.30. The second-order valence-corrected chi connectivity index (χ2v) is 7.10. The molecule has 1 unspecified atom stereocenters. The SMILES string of the molecule is O=C(C1CCCCC1)N1CCCC(Oc2ncc(Br)cn2)C1. The molecule has 1 amide bonds. The number of amides is 1. The zero-order chi connectivity index (χ0) is 15.4. The molecule has 0 bridgehead atoms. The van der Waals surface area contributed by atoms with Crippen LogP contribution in [0, 0.1) is 5.92 Å². The summed E-state index contributed by atoms with van der Waals surface area (Å²) in [5.41, 5.74) is 0. The van der Waals surface area contributed by atoms with Gasteiger partial charge >= 0.3 is 6.01 Å². The minimum Gasteiger partial charge on any atom is -0.458 e.